The molecule has 0 fully saturated rings. The van der Waals surface area contributed by atoms with Gasteiger partial charge in [-0.3, -0.25) is 0 Å². The Morgan fingerprint density at radius 1 is 1.43 bits per heavy atom. The molecule has 0 saturated heterocycles. The average Bonchev–Trinajstić information content (AvgIpc) is 2.38. The molecule has 0 bridgehead atoms. The van der Waals surface area contributed by atoms with Crippen LogP contribution in [-0.4, -0.2) is 52.2 Å². The Hall–Kier alpha value is -1.35. The van der Waals surface area contributed by atoms with Crippen LogP contribution < -0.4 is 15.2 Å². The number of nitrogen functional groups attached to an aromatic ring is 1. The molecule has 21 heavy (non-hydrogen) atoms. The quantitative estimate of drug-likeness (QED) is 0.522. The lowest BCUT2D eigenvalue weighted by Crippen LogP contribution is -2.32. The lowest BCUT2D eigenvalue weighted by Gasteiger charge is -2.11. The molecule has 0 aliphatic rings. The van der Waals surface area contributed by atoms with Crippen molar-refractivity contribution < 1.29 is 23.0 Å². The number of hydrogen-bond donors (Lipinski definition) is 3. The molecule has 1 rings (SSSR count). The molecule has 1 unspecified atom stereocenters. The van der Waals surface area contributed by atoms with Crippen LogP contribution >= 0.6 is 0 Å². The number of hydrogen-bond acceptors (Lipinski definition) is 6. The van der Waals surface area contributed by atoms with Crippen molar-refractivity contribution in [3.8, 4) is 5.75 Å². The highest BCUT2D eigenvalue weighted by Crippen LogP contribution is 2.14. The number of ether oxygens (including phenoxy) is 2. The number of anilines is 1. The number of benzene rings is 1. The summed E-state index contributed by atoms with van der Waals surface area (Å²) >= 11 is 0. The number of rotatable bonds is 10. The van der Waals surface area contributed by atoms with Crippen LogP contribution in [0.15, 0.2) is 24.3 Å². The molecule has 0 amide bonds. The fraction of sp³-hybridized carbons (Fsp3) is 0.538. The van der Waals surface area contributed by atoms with Crippen LogP contribution in [0.2, 0.25) is 0 Å². The van der Waals surface area contributed by atoms with Gasteiger partial charge in [-0.1, -0.05) is 6.07 Å². The second-order valence-electron chi connectivity index (χ2n) is 4.53. The van der Waals surface area contributed by atoms with Gasteiger partial charge in [0.2, 0.25) is 10.0 Å². The third kappa shape index (κ3) is 7.86. The van der Waals surface area contributed by atoms with E-state index in [4.69, 9.17) is 15.2 Å². The molecular weight excluding hydrogens is 296 g/mol. The van der Waals surface area contributed by atoms with Gasteiger partial charge in [0.05, 0.1) is 18.5 Å². The highest BCUT2D eigenvalue weighted by Gasteiger charge is 2.11. The van der Waals surface area contributed by atoms with Gasteiger partial charge in [0.25, 0.3) is 0 Å². The van der Waals surface area contributed by atoms with Gasteiger partial charge in [0.15, 0.2) is 0 Å². The van der Waals surface area contributed by atoms with E-state index in [0.29, 0.717) is 17.9 Å². The first-order valence-corrected chi connectivity index (χ1v) is 8.21. The van der Waals surface area contributed by atoms with Crippen LogP contribution in [0.1, 0.15) is 6.42 Å². The average molecular weight is 318 g/mol. The first-order valence-electron chi connectivity index (χ1n) is 6.55. The molecule has 0 aliphatic carbocycles. The van der Waals surface area contributed by atoms with Gasteiger partial charge in [-0.2, -0.15) is 0 Å². The smallest absolute Gasteiger partial charge is 0.214 e. The largest absolute Gasteiger partial charge is 0.492 e. The van der Waals surface area contributed by atoms with Gasteiger partial charge < -0.3 is 20.3 Å². The topological polar surface area (TPSA) is 111 Å². The number of aliphatic hydroxyl groups excluding tert-OH is 1. The lowest BCUT2D eigenvalue weighted by atomic mass is 10.3. The fourth-order valence-corrected chi connectivity index (χ4v) is 2.48. The van der Waals surface area contributed by atoms with E-state index in [1.807, 2.05) is 0 Å². The molecular formula is C13H22N2O5S. The van der Waals surface area contributed by atoms with E-state index in [1.54, 1.807) is 24.3 Å². The van der Waals surface area contributed by atoms with Crippen molar-refractivity contribution in [1.82, 2.24) is 4.72 Å². The summed E-state index contributed by atoms with van der Waals surface area (Å²) in [5.41, 5.74) is 6.15. The van der Waals surface area contributed by atoms with E-state index in [9.17, 15) is 13.5 Å². The number of aliphatic hydroxyl groups is 1. The molecule has 4 N–H and O–H groups in total. The van der Waals surface area contributed by atoms with Crippen LogP contribution in [0.3, 0.4) is 0 Å². The van der Waals surface area contributed by atoms with E-state index < -0.39 is 16.1 Å². The van der Waals surface area contributed by atoms with Gasteiger partial charge in [-0.25, -0.2) is 13.1 Å². The summed E-state index contributed by atoms with van der Waals surface area (Å²) in [4.78, 5) is 0. The third-order valence-electron chi connectivity index (χ3n) is 2.64. The monoisotopic (exact) mass is 318 g/mol. The first kappa shape index (κ1) is 17.7. The van der Waals surface area contributed by atoms with E-state index in [2.05, 4.69) is 4.72 Å². The summed E-state index contributed by atoms with van der Waals surface area (Å²) in [6.45, 7) is 0.366. The van der Waals surface area contributed by atoms with Crippen molar-refractivity contribution in [3.63, 3.8) is 0 Å². The maximum Gasteiger partial charge on any atom is 0.214 e. The zero-order valence-electron chi connectivity index (χ0n) is 12.0. The van der Waals surface area contributed by atoms with Gasteiger partial charge in [0, 0.05) is 25.4 Å². The molecule has 0 heterocycles. The zero-order valence-corrected chi connectivity index (χ0v) is 12.8. The molecule has 1 aromatic rings. The number of methoxy groups -OCH3 is 1. The molecule has 1 atom stereocenters. The van der Waals surface area contributed by atoms with E-state index in [1.165, 1.54) is 7.11 Å². The Bertz CT molecular complexity index is 521. The minimum absolute atomic E-state index is 0.0272. The zero-order chi connectivity index (χ0) is 15.7. The molecule has 0 radical (unpaired) electrons. The highest BCUT2D eigenvalue weighted by molar-refractivity contribution is 7.89. The Labute approximate surface area is 125 Å². The van der Waals surface area contributed by atoms with Gasteiger partial charge >= 0.3 is 0 Å². The molecule has 0 aliphatic heterocycles. The second-order valence-corrected chi connectivity index (χ2v) is 6.46. The maximum atomic E-state index is 11.7. The SMILES string of the molecule is COCC(O)CCNS(=O)(=O)CCOc1cccc(N)c1. The fourth-order valence-electron chi connectivity index (χ4n) is 1.60. The molecule has 0 saturated carbocycles. The second kappa shape index (κ2) is 8.83. The van der Waals surface area contributed by atoms with Crippen molar-refractivity contribution in [1.29, 1.82) is 0 Å². The third-order valence-corrected chi connectivity index (χ3v) is 3.99. The Kier molecular flexibility index (Phi) is 7.44. The van der Waals surface area contributed by atoms with Crippen LogP contribution in [0.4, 0.5) is 5.69 Å². The number of sulfonamides is 1. The van der Waals surface area contributed by atoms with Crippen molar-refractivity contribution >= 4 is 15.7 Å². The standard InChI is InChI=1S/C13H22N2O5S/c1-19-10-12(16)5-6-15-21(17,18)8-7-20-13-4-2-3-11(14)9-13/h2-4,9,12,15-16H,5-8,10,14H2,1H3. The van der Waals surface area contributed by atoms with Crippen molar-refractivity contribution in [2.45, 2.75) is 12.5 Å². The van der Waals surface area contributed by atoms with Crippen LogP contribution in [-0.2, 0) is 14.8 Å². The summed E-state index contributed by atoms with van der Waals surface area (Å²) in [5.74, 6) is 0.364. The van der Waals surface area contributed by atoms with Crippen LogP contribution in [0, 0.1) is 0 Å². The van der Waals surface area contributed by atoms with Crippen molar-refractivity contribution in [3.05, 3.63) is 24.3 Å². The van der Waals surface area contributed by atoms with E-state index >= 15 is 0 Å². The van der Waals surface area contributed by atoms with Crippen LogP contribution in [0.25, 0.3) is 0 Å². The number of nitrogens with two attached hydrogens (primary N) is 1. The molecule has 120 valence electrons. The predicted molar refractivity (Wildman–Crippen MR) is 80.6 cm³/mol. The lowest BCUT2D eigenvalue weighted by molar-refractivity contribution is 0.0603. The first-order chi connectivity index (χ1) is 9.93. The normalized spacial score (nSPS) is 13.0. The summed E-state index contributed by atoms with van der Waals surface area (Å²) in [5, 5.41) is 9.40. The summed E-state index contributed by atoms with van der Waals surface area (Å²) < 4.78 is 35.9. The Balaban J connectivity index is 2.26. The van der Waals surface area contributed by atoms with Crippen LogP contribution in [0.5, 0.6) is 5.75 Å². The maximum absolute atomic E-state index is 11.7. The highest BCUT2D eigenvalue weighted by atomic mass is 32.2. The summed E-state index contributed by atoms with van der Waals surface area (Å²) in [7, 11) is -1.96. The minimum Gasteiger partial charge on any atom is -0.492 e. The Morgan fingerprint density at radius 2 is 2.19 bits per heavy atom. The molecule has 8 heteroatoms. The predicted octanol–water partition coefficient (Wildman–Crippen LogP) is -0.0356. The minimum atomic E-state index is -3.43. The van der Waals surface area contributed by atoms with E-state index in [-0.39, 0.29) is 25.5 Å². The van der Waals surface area contributed by atoms with Gasteiger partial charge in [-0.15, -0.1) is 0 Å². The van der Waals surface area contributed by atoms with Gasteiger partial charge in [0.1, 0.15) is 12.4 Å². The molecule has 7 nitrogen and oxygen atoms in total. The molecule has 0 spiro atoms. The molecule has 0 aromatic heterocycles. The van der Waals surface area contributed by atoms with Crippen molar-refractivity contribution in [2.24, 2.45) is 0 Å². The molecule has 1 aromatic carbocycles. The van der Waals surface area contributed by atoms with Crippen molar-refractivity contribution in [2.75, 3.05) is 38.4 Å². The summed E-state index contributed by atoms with van der Waals surface area (Å²) in [6, 6.07) is 6.78. The Morgan fingerprint density at radius 3 is 2.86 bits per heavy atom. The van der Waals surface area contributed by atoms with E-state index in [0.717, 1.165) is 0 Å². The van der Waals surface area contributed by atoms with Gasteiger partial charge in [-0.05, 0) is 18.6 Å². The number of nitrogens with one attached hydrogen (secondary N) is 1. The summed E-state index contributed by atoms with van der Waals surface area (Å²) in [6.07, 6.45) is -0.385.